The summed E-state index contributed by atoms with van der Waals surface area (Å²) in [6.45, 7) is 20.9. The van der Waals surface area contributed by atoms with Gasteiger partial charge in [-0.05, 0) is 68.4 Å². The quantitative estimate of drug-likeness (QED) is 0.0656. The number of aromatic nitrogens is 4. The van der Waals surface area contributed by atoms with E-state index in [-0.39, 0.29) is 42.7 Å². The van der Waals surface area contributed by atoms with Crippen LogP contribution in [0.4, 0.5) is 9.59 Å². The Hall–Kier alpha value is -7.10. The number of methoxy groups -OCH3 is 1. The maximum atomic E-state index is 14.4. The predicted molar refractivity (Wildman–Crippen MR) is 253 cm³/mol. The molecule has 0 spiro atoms. The highest BCUT2D eigenvalue weighted by atomic mass is 16.6. The van der Waals surface area contributed by atoms with Gasteiger partial charge in [0.2, 0.25) is 11.8 Å². The number of hydrogen-bond donors (Lipinski definition) is 4. The first-order valence-corrected chi connectivity index (χ1v) is 22.7. The number of ether oxygens (including phenoxy) is 4. The fourth-order valence-electron chi connectivity index (χ4n) is 8.30. The topological polar surface area (TPSA) is 193 Å². The molecule has 7 rings (SSSR count). The fraction of sp³-hybridized carbons (Fsp3) is 0.412. The average molecular weight is 915 g/mol. The highest BCUT2D eigenvalue weighted by Crippen LogP contribution is 2.50. The molecule has 0 fully saturated rings. The van der Waals surface area contributed by atoms with Crippen molar-refractivity contribution in [3.05, 3.63) is 108 Å². The van der Waals surface area contributed by atoms with Gasteiger partial charge in [-0.25, -0.2) is 19.6 Å². The Morgan fingerprint density at radius 3 is 1.79 bits per heavy atom. The SMILES string of the molecule is C=C[C@@H](C)CN(Cc1ncc(-c2cc3c4c(c2)OCc2cc(-c5cnc(CN(CC(C)C)C(=O)[C@@H](NC(=O)OC)C(C)C)[nH]5)cc(c2-4)OC3)[nH]1)C(=O)[C@H](NC(=O)OC(C)(C)C)c1ccccc1. The first-order chi connectivity index (χ1) is 31.9. The lowest BCUT2D eigenvalue weighted by Crippen LogP contribution is -2.51. The maximum Gasteiger partial charge on any atom is 0.408 e. The number of H-pyrrole nitrogens is 2. The second-order valence-electron chi connectivity index (χ2n) is 19.0. The van der Waals surface area contributed by atoms with Crippen LogP contribution in [0.2, 0.25) is 0 Å². The summed E-state index contributed by atoms with van der Waals surface area (Å²) >= 11 is 0. The maximum absolute atomic E-state index is 14.4. The van der Waals surface area contributed by atoms with Gasteiger partial charge in [0.25, 0.3) is 0 Å². The molecule has 0 radical (unpaired) electrons. The first-order valence-electron chi connectivity index (χ1n) is 22.7. The normalized spacial score (nSPS) is 13.9. The molecule has 4 heterocycles. The van der Waals surface area contributed by atoms with Crippen LogP contribution in [0.15, 0.2) is 79.6 Å². The highest BCUT2D eigenvalue weighted by molar-refractivity contribution is 5.89. The van der Waals surface area contributed by atoms with E-state index in [0.717, 1.165) is 56.3 Å². The summed E-state index contributed by atoms with van der Waals surface area (Å²) < 4.78 is 23.2. The van der Waals surface area contributed by atoms with Gasteiger partial charge >= 0.3 is 12.2 Å². The van der Waals surface area contributed by atoms with E-state index >= 15 is 0 Å². The third-order valence-corrected chi connectivity index (χ3v) is 11.5. The number of nitrogens with zero attached hydrogens (tertiary/aromatic N) is 4. The Labute approximate surface area is 391 Å². The number of imidazole rings is 2. The van der Waals surface area contributed by atoms with Gasteiger partial charge in [-0.15, -0.1) is 6.58 Å². The molecular weight excluding hydrogens is 853 g/mol. The van der Waals surface area contributed by atoms with Crippen LogP contribution in [0.1, 0.15) is 89.8 Å². The zero-order valence-corrected chi connectivity index (χ0v) is 39.8. The molecule has 3 atom stereocenters. The molecule has 0 saturated carbocycles. The van der Waals surface area contributed by atoms with Gasteiger partial charge in [0.15, 0.2) is 0 Å². The minimum atomic E-state index is -1.00. The molecule has 5 aromatic rings. The van der Waals surface area contributed by atoms with E-state index in [1.807, 2.05) is 65.0 Å². The van der Waals surface area contributed by atoms with Crippen LogP contribution in [0.5, 0.6) is 11.5 Å². The molecule has 2 aliphatic rings. The Kier molecular flexibility index (Phi) is 14.4. The molecule has 0 bridgehead atoms. The molecule has 0 aliphatic carbocycles. The van der Waals surface area contributed by atoms with Gasteiger partial charge in [0.1, 0.15) is 54.0 Å². The number of carbonyl (C=O) groups excluding carboxylic acids is 4. The standard InChI is InChI=1S/C51H62N8O8/c1-11-31(6)24-59(48(61)46(32-15-13-12-14-16-32)57-50(63)67-51(7,8)9)26-42-53-22-38(55-42)34-18-36-28-65-39-19-33(17-35-27-66-40(20-34)44(36)43(35)39)37-21-52-41(54-37)25-58(23-29(2)3)47(60)45(30(4)5)56-49(62)64-10/h11-22,29-31,45-46H,1,23-28H2,2-10H3,(H,52,54)(H,53,55)(H,56,62)(H,57,63)/t31-,45+,46-/m1/s1. The third kappa shape index (κ3) is 11.3. The molecule has 0 unspecified atom stereocenters. The number of benzene rings is 3. The Morgan fingerprint density at radius 1 is 0.776 bits per heavy atom. The smallest absolute Gasteiger partial charge is 0.408 e. The van der Waals surface area contributed by atoms with E-state index in [1.54, 1.807) is 61.2 Å². The molecular formula is C51H62N8O8. The Morgan fingerprint density at radius 2 is 1.31 bits per heavy atom. The lowest BCUT2D eigenvalue weighted by atomic mass is 9.87. The zero-order valence-electron chi connectivity index (χ0n) is 39.8. The minimum absolute atomic E-state index is 0.0484. The van der Waals surface area contributed by atoms with E-state index in [9.17, 15) is 19.2 Å². The molecule has 4 amide bonds. The van der Waals surface area contributed by atoms with Crippen molar-refractivity contribution in [2.24, 2.45) is 17.8 Å². The zero-order chi connectivity index (χ0) is 48.2. The molecule has 67 heavy (non-hydrogen) atoms. The van der Waals surface area contributed by atoms with Crippen LogP contribution < -0.4 is 20.1 Å². The van der Waals surface area contributed by atoms with Crippen molar-refractivity contribution in [1.82, 2.24) is 40.4 Å². The monoisotopic (exact) mass is 914 g/mol. The van der Waals surface area contributed by atoms with E-state index in [4.69, 9.17) is 23.9 Å². The number of hydrogen-bond acceptors (Lipinski definition) is 10. The van der Waals surface area contributed by atoms with Crippen molar-refractivity contribution in [3.63, 3.8) is 0 Å². The Balaban J connectivity index is 1.10. The summed E-state index contributed by atoms with van der Waals surface area (Å²) in [6.07, 6.45) is 3.93. The molecule has 2 aromatic heterocycles. The molecule has 16 heteroatoms. The van der Waals surface area contributed by atoms with Crippen molar-refractivity contribution in [2.45, 2.75) is 99.4 Å². The number of rotatable bonds is 17. The van der Waals surface area contributed by atoms with Crippen LogP contribution in [0.25, 0.3) is 33.6 Å². The lowest BCUT2D eigenvalue weighted by molar-refractivity contribution is -0.136. The molecule has 354 valence electrons. The molecule has 3 aromatic carbocycles. The van der Waals surface area contributed by atoms with Crippen LogP contribution in [-0.2, 0) is 45.4 Å². The number of nitrogens with one attached hydrogen (secondary N) is 4. The van der Waals surface area contributed by atoms with Gasteiger partial charge in [-0.3, -0.25) is 9.59 Å². The summed E-state index contributed by atoms with van der Waals surface area (Å²) in [4.78, 5) is 72.9. The second-order valence-corrected chi connectivity index (χ2v) is 19.0. The van der Waals surface area contributed by atoms with Crippen molar-refractivity contribution in [2.75, 3.05) is 20.2 Å². The summed E-state index contributed by atoms with van der Waals surface area (Å²) in [5.41, 5.74) is 6.97. The number of amides is 4. The number of alkyl carbamates (subject to hydrolysis) is 2. The van der Waals surface area contributed by atoms with Crippen molar-refractivity contribution >= 4 is 24.0 Å². The van der Waals surface area contributed by atoms with Gasteiger partial charge in [0, 0.05) is 46.5 Å². The summed E-state index contributed by atoms with van der Waals surface area (Å²) in [5.74, 6) is 2.07. The summed E-state index contributed by atoms with van der Waals surface area (Å²) in [7, 11) is 1.28. The highest BCUT2D eigenvalue weighted by Gasteiger charge is 2.34. The molecule has 4 N–H and O–H groups in total. The summed E-state index contributed by atoms with van der Waals surface area (Å²) in [5, 5.41) is 5.50. The molecule has 0 saturated heterocycles. The van der Waals surface area contributed by atoms with Crippen LogP contribution in [-0.4, -0.2) is 85.6 Å². The lowest BCUT2D eigenvalue weighted by Gasteiger charge is -2.30. The van der Waals surface area contributed by atoms with E-state index < -0.39 is 29.9 Å². The Bertz CT molecular complexity index is 2560. The molecule has 2 aliphatic heterocycles. The number of carbonyl (C=O) groups is 4. The average Bonchev–Trinajstić information content (AvgIpc) is 3.97. The van der Waals surface area contributed by atoms with Crippen LogP contribution >= 0.6 is 0 Å². The second kappa shape index (κ2) is 20.2. The summed E-state index contributed by atoms with van der Waals surface area (Å²) in [6, 6.07) is 15.5. The minimum Gasteiger partial charge on any atom is -0.488 e. The third-order valence-electron chi connectivity index (χ3n) is 11.5. The first kappa shape index (κ1) is 47.9. The van der Waals surface area contributed by atoms with Crippen LogP contribution in [0, 0.1) is 17.8 Å². The van der Waals surface area contributed by atoms with Crippen molar-refractivity contribution in [3.8, 4) is 45.1 Å². The molecule has 16 nitrogen and oxygen atoms in total. The van der Waals surface area contributed by atoms with Gasteiger partial charge in [-0.1, -0.05) is 71.0 Å². The van der Waals surface area contributed by atoms with Gasteiger partial charge < -0.3 is 49.3 Å². The van der Waals surface area contributed by atoms with Crippen molar-refractivity contribution in [1.29, 1.82) is 0 Å². The fourth-order valence-corrected chi connectivity index (χ4v) is 8.30. The number of aromatic amines is 2. The van der Waals surface area contributed by atoms with Gasteiger partial charge in [0.05, 0.1) is 44.0 Å². The largest absolute Gasteiger partial charge is 0.488 e. The van der Waals surface area contributed by atoms with Crippen molar-refractivity contribution < 1.29 is 38.1 Å². The van der Waals surface area contributed by atoms with Gasteiger partial charge in [-0.2, -0.15) is 0 Å². The van der Waals surface area contributed by atoms with E-state index in [0.29, 0.717) is 43.5 Å². The predicted octanol–water partition coefficient (Wildman–Crippen LogP) is 8.70. The van der Waals surface area contributed by atoms with Crippen LogP contribution in [0.3, 0.4) is 0 Å². The van der Waals surface area contributed by atoms with E-state index in [1.165, 1.54) is 7.11 Å². The van der Waals surface area contributed by atoms with E-state index in [2.05, 4.69) is 44.3 Å².